The van der Waals surface area contributed by atoms with Gasteiger partial charge in [-0.1, -0.05) is 11.8 Å². The van der Waals surface area contributed by atoms with Crippen molar-refractivity contribution in [1.82, 2.24) is 19.9 Å². The lowest BCUT2D eigenvalue weighted by Crippen LogP contribution is -2.37. The van der Waals surface area contributed by atoms with Crippen LogP contribution in [-0.2, 0) is 18.6 Å². The molecule has 1 fully saturated rings. The highest BCUT2D eigenvalue weighted by molar-refractivity contribution is 8.15. The first kappa shape index (κ1) is 22.4. The minimum absolute atomic E-state index is 0.0750. The third-order valence-corrected chi connectivity index (χ3v) is 7.39. The summed E-state index contributed by atoms with van der Waals surface area (Å²) in [4.78, 5) is 33.2. The number of hydrogen-bond acceptors (Lipinski definition) is 10. The molecule has 4 heterocycles. The van der Waals surface area contributed by atoms with Gasteiger partial charge >= 0.3 is 0 Å². The number of pyridine rings is 1. The SMILES string of the molecule is C[C@]1(c2cc(CC(=O)c3cnc(OCc4ncco4)cn3)cnc2F)N=C(N)S[C@@]2(CF)C[C@H]21. The monoisotopic (exact) mass is 486 g/mol. The highest BCUT2D eigenvalue weighted by atomic mass is 32.2. The Labute approximate surface area is 197 Å². The van der Waals surface area contributed by atoms with Crippen molar-refractivity contribution >= 4 is 22.7 Å². The molecule has 0 aromatic carbocycles. The van der Waals surface area contributed by atoms with Crippen LogP contribution in [0.3, 0.4) is 0 Å². The topological polar surface area (TPSA) is 129 Å². The van der Waals surface area contributed by atoms with E-state index in [1.165, 1.54) is 42.8 Å². The third kappa shape index (κ3) is 4.02. The van der Waals surface area contributed by atoms with Crippen molar-refractivity contribution in [2.75, 3.05) is 6.67 Å². The molecule has 1 saturated carbocycles. The third-order valence-electron chi connectivity index (χ3n) is 6.13. The van der Waals surface area contributed by atoms with Crippen LogP contribution in [0.15, 0.2) is 46.5 Å². The fourth-order valence-electron chi connectivity index (χ4n) is 4.28. The van der Waals surface area contributed by atoms with E-state index in [4.69, 9.17) is 14.9 Å². The summed E-state index contributed by atoms with van der Waals surface area (Å²) < 4.78 is 38.3. The van der Waals surface area contributed by atoms with Crippen molar-refractivity contribution in [3.05, 3.63) is 65.8 Å². The van der Waals surface area contributed by atoms with Gasteiger partial charge in [-0.3, -0.25) is 9.79 Å². The van der Waals surface area contributed by atoms with Gasteiger partial charge in [0.1, 0.15) is 18.6 Å². The van der Waals surface area contributed by atoms with Gasteiger partial charge in [0.25, 0.3) is 0 Å². The van der Waals surface area contributed by atoms with Gasteiger partial charge in [-0.05, 0) is 25.0 Å². The second kappa shape index (κ2) is 8.42. The first-order valence-electron chi connectivity index (χ1n) is 10.4. The Kier molecular flexibility index (Phi) is 5.54. The number of ether oxygens (including phenoxy) is 1. The summed E-state index contributed by atoms with van der Waals surface area (Å²) in [6.07, 6.45) is 7.31. The number of aromatic nitrogens is 4. The largest absolute Gasteiger partial charge is 0.467 e. The van der Waals surface area contributed by atoms with Crippen LogP contribution in [0.25, 0.3) is 0 Å². The number of hydrogen-bond donors (Lipinski definition) is 1. The van der Waals surface area contributed by atoms with E-state index in [0.717, 1.165) is 0 Å². The molecule has 1 aliphatic carbocycles. The Bertz CT molecular complexity index is 1260. The molecule has 176 valence electrons. The predicted molar refractivity (Wildman–Crippen MR) is 118 cm³/mol. The number of alkyl halides is 1. The average Bonchev–Trinajstić information content (AvgIpc) is 3.33. The Balaban J connectivity index is 1.31. The molecule has 5 rings (SSSR count). The van der Waals surface area contributed by atoms with E-state index < -0.39 is 22.9 Å². The first-order chi connectivity index (χ1) is 16.3. The fraction of sp³-hybridized carbons (Fsp3) is 0.364. The highest BCUT2D eigenvalue weighted by Gasteiger charge is 2.66. The Morgan fingerprint density at radius 1 is 1.29 bits per heavy atom. The van der Waals surface area contributed by atoms with E-state index in [1.54, 1.807) is 13.0 Å². The highest BCUT2D eigenvalue weighted by Crippen LogP contribution is 2.65. The van der Waals surface area contributed by atoms with Crippen LogP contribution >= 0.6 is 11.8 Å². The van der Waals surface area contributed by atoms with E-state index in [2.05, 4.69) is 24.9 Å². The van der Waals surface area contributed by atoms with Crippen molar-refractivity contribution in [2.45, 2.75) is 36.7 Å². The van der Waals surface area contributed by atoms with Crippen molar-refractivity contribution < 1.29 is 22.7 Å². The molecule has 0 saturated heterocycles. The quantitative estimate of drug-likeness (QED) is 0.377. The molecule has 0 bridgehead atoms. The zero-order valence-electron chi connectivity index (χ0n) is 18.1. The maximum absolute atomic E-state index is 14.8. The molecule has 0 spiro atoms. The zero-order chi connectivity index (χ0) is 23.9. The lowest BCUT2D eigenvalue weighted by atomic mass is 9.86. The number of rotatable bonds is 8. The van der Waals surface area contributed by atoms with Crippen LogP contribution in [0.4, 0.5) is 8.78 Å². The second-order valence-corrected chi connectivity index (χ2v) is 9.83. The molecule has 2 aliphatic rings. The molecule has 34 heavy (non-hydrogen) atoms. The second-order valence-electron chi connectivity index (χ2n) is 8.39. The summed E-state index contributed by atoms with van der Waals surface area (Å²) >= 11 is 1.20. The maximum atomic E-state index is 14.8. The number of amidine groups is 1. The van der Waals surface area contributed by atoms with Gasteiger partial charge in [0, 0.05) is 24.1 Å². The van der Waals surface area contributed by atoms with E-state index in [0.29, 0.717) is 17.9 Å². The maximum Gasteiger partial charge on any atom is 0.232 e. The Morgan fingerprint density at radius 2 is 2.15 bits per heavy atom. The summed E-state index contributed by atoms with van der Waals surface area (Å²) in [5.74, 6) is -0.663. The summed E-state index contributed by atoms with van der Waals surface area (Å²) in [6.45, 7) is 1.24. The molecule has 1 aliphatic heterocycles. The minimum Gasteiger partial charge on any atom is -0.467 e. The number of halogens is 2. The van der Waals surface area contributed by atoms with Crippen LogP contribution in [0.5, 0.6) is 5.88 Å². The Morgan fingerprint density at radius 3 is 2.85 bits per heavy atom. The normalized spacial score (nSPS) is 25.4. The van der Waals surface area contributed by atoms with Crippen molar-refractivity contribution in [3.8, 4) is 5.88 Å². The number of aliphatic imine (C=N–C) groups is 1. The number of nitrogens with two attached hydrogens (primary N) is 1. The molecule has 3 atom stereocenters. The molecule has 0 amide bonds. The van der Waals surface area contributed by atoms with Gasteiger partial charge in [-0.2, -0.15) is 4.39 Å². The standard InChI is InChI=1S/C22H20F2N6O3S/c1-21(16-6-22(16,11-23)34-20(25)30-21)13-4-12(7-29-19(13)24)5-15(31)14-8-28-17(9-27-14)33-10-18-26-2-3-32-18/h2-4,7-9,16H,5-6,10-11H2,1H3,(H2,25,30)/t16-,21+,22+/m0/s1. The molecule has 3 aromatic heterocycles. The number of oxazole rings is 1. The van der Waals surface area contributed by atoms with Crippen LogP contribution in [0.1, 0.15) is 40.9 Å². The summed E-state index contributed by atoms with van der Waals surface area (Å²) in [5.41, 5.74) is 5.69. The van der Waals surface area contributed by atoms with Crippen LogP contribution in [-0.4, -0.2) is 42.3 Å². The van der Waals surface area contributed by atoms with Gasteiger partial charge in [0.15, 0.2) is 17.6 Å². The smallest absolute Gasteiger partial charge is 0.232 e. The number of carbonyl (C=O) groups is 1. The fourth-order valence-corrected chi connectivity index (χ4v) is 5.61. The van der Waals surface area contributed by atoms with Crippen LogP contribution < -0.4 is 10.5 Å². The number of ketones is 1. The van der Waals surface area contributed by atoms with Gasteiger partial charge in [0.2, 0.25) is 17.7 Å². The molecule has 9 nitrogen and oxygen atoms in total. The van der Waals surface area contributed by atoms with Crippen LogP contribution in [0, 0.1) is 11.9 Å². The van der Waals surface area contributed by atoms with Crippen molar-refractivity contribution in [3.63, 3.8) is 0 Å². The molecule has 0 unspecified atom stereocenters. The summed E-state index contributed by atoms with van der Waals surface area (Å²) in [6, 6.07) is 1.55. The van der Waals surface area contributed by atoms with Gasteiger partial charge < -0.3 is 14.9 Å². The molecule has 2 N–H and O–H groups in total. The predicted octanol–water partition coefficient (Wildman–Crippen LogP) is 3.01. The van der Waals surface area contributed by atoms with E-state index >= 15 is 0 Å². The molecule has 0 radical (unpaired) electrons. The lowest BCUT2D eigenvalue weighted by Gasteiger charge is -2.33. The van der Waals surface area contributed by atoms with Gasteiger partial charge in [-0.15, -0.1) is 0 Å². The van der Waals surface area contributed by atoms with Crippen molar-refractivity contribution in [1.29, 1.82) is 0 Å². The average molecular weight is 487 g/mol. The van der Waals surface area contributed by atoms with Gasteiger partial charge in [0.05, 0.1) is 28.9 Å². The summed E-state index contributed by atoms with van der Waals surface area (Å²) in [7, 11) is 0. The van der Waals surface area contributed by atoms with Gasteiger partial charge in [-0.25, -0.2) is 24.3 Å². The Hall–Kier alpha value is -3.41. The zero-order valence-corrected chi connectivity index (χ0v) is 18.9. The van der Waals surface area contributed by atoms with E-state index in [-0.39, 0.29) is 47.0 Å². The number of thioether (sulfide) groups is 1. The van der Waals surface area contributed by atoms with Crippen LogP contribution in [0.2, 0.25) is 0 Å². The number of nitrogens with zero attached hydrogens (tertiary/aromatic N) is 5. The minimum atomic E-state index is -1.06. The van der Waals surface area contributed by atoms with Crippen molar-refractivity contribution in [2.24, 2.45) is 16.6 Å². The molecular formula is C22H20F2N6O3S. The molecule has 12 heteroatoms. The first-order valence-corrected chi connectivity index (χ1v) is 11.3. The molecule has 3 aromatic rings. The number of fused-ring (bicyclic) bond motifs is 1. The summed E-state index contributed by atoms with van der Waals surface area (Å²) in [5, 5.41) is 0.218. The molecular weight excluding hydrogens is 466 g/mol. The number of Topliss-reactive ketones (excluding diaryl/α,β-unsaturated/α-hetero) is 1. The number of carbonyl (C=O) groups excluding carboxylic acids is 1. The lowest BCUT2D eigenvalue weighted by molar-refractivity contribution is 0.0987. The van der Waals surface area contributed by atoms with E-state index in [9.17, 15) is 13.6 Å². The van der Waals surface area contributed by atoms with E-state index in [1.807, 2.05) is 0 Å².